The summed E-state index contributed by atoms with van der Waals surface area (Å²) in [4.78, 5) is 12.5. The van der Waals surface area contributed by atoms with Crippen LogP contribution in [0.2, 0.25) is 5.02 Å². The Labute approximate surface area is 112 Å². The normalized spacial score (nSPS) is 16.3. The second kappa shape index (κ2) is 4.74. The molecule has 2 aromatic carbocycles. The summed E-state index contributed by atoms with van der Waals surface area (Å²) in [6, 6.07) is 11.6. The van der Waals surface area contributed by atoms with E-state index in [2.05, 4.69) is 0 Å². The number of fused-ring (bicyclic) bond motifs is 1. The van der Waals surface area contributed by atoms with Crippen molar-refractivity contribution in [2.45, 2.75) is 25.7 Å². The first kappa shape index (κ1) is 11.7. The molecule has 1 aliphatic carbocycles. The van der Waals surface area contributed by atoms with Crippen LogP contribution in [0.25, 0.3) is 10.8 Å². The molecule has 1 aliphatic rings. The summed E-state index contributed by atoms with van der Waals surface area (Å²) < 4.78 is 0. The Bertz CT molecular complexity index is 597. The van der Waals surface area contributed by atoms with E-state index in [-0.39, 0.29) is 5.92 Å². The quantitative estimate of drug-likeness (QED) is 0.703. The molecule has 0 amide bonds. The van der Waals surface area contributed by atoms with E-state index in [0.717, 1.165) is 29.2 Å². The molecular weight excluding hydrogens is 244 g/mol. The minimum atomic E-state index is 0.217. The highest BCUT2D eigenvalue weighted by atomic mass is 35.5. The molecule has 0 aliphatic heterocycles. The third kappa shape index (κ3) is 1.93. The Morgan fingerprint density at radius 2 is 1.67 bits per heavy atom. The predicted octanol–water partition coefficient (Wildman–Crippen LogP) is 4.87. The maximum Gasteiger partial charge on any atom is 0.166 e. The zero-order valence-corrected chi connectivity index (χ0v) is 10.9. The van der Waals surface area contributed by atoms with Gasteiger partial charge in [0.15, 0.2) is 5.78 Å². The lowest BCUT2D eigenvalue weighted by atomic mass is 9.92. The fourth-order valence-corrected chi connectivity index (χ4v) is 3.11. The van der Waals surface area contributed by atoms with Crippen molar-refractivity contribution in [3.05, 3.63) is 47.0 Å². The van der Waals surface area contributed by atoms with Crippen molar-refractivity contribution in [3.63, 3.8) is 0 Å². The standard InChI is InChI=1S/C16H15ClO/c17-15-10-9-14(12-7-3-4-8-13(12)15)16(18)11-5-1-2-6-11/h3-4,7-11H,1-2,5-6H2. The van der Waals surface area contributed by atoms with Gasteiger partial charge in [-0.3, -0.25) is 4.79 Å². The van der Waals surface area contributed by atoms with Gasteiger partial charge in [-0.05, 0) is 30.4 Å². The molecule has 1 fully saturated rings. The number of rotatable bonds is 2. The van der Waals surface area contributed by atoms with Gasteiger partial charge in [-0.25, -0.2) is 0 Å². The largest absolute Gasteiger partial charge is 0.294 e. The molecule has 0 atom stereocenters. The molecule has 1 nitrogen and oxygen atoms in total. The number of ketones is 1. The molecule has 0 heterocycles. The molecule has 92 valence electrons. The van der Waals surface area contributed by atoms with Crippen molar-refractivity contribution >= 4 is 28.2 Å². The van der Waals surface area contributed by atoms with Crippen molar-refractivity contribution in [3.8, 4) is 0 Å². The van der Waals surface area contributed by atoms with Gasteiger partial charge in [-0.1, -0.05) is 48.7 Å². The topological polar surface area (TPSA) is 17.1 Å². The molecule has 1 saturated carbocycles. The number of hydrogen-bond donors (Lipinski definition) is 0. The minimum absolute atomic E-state index is 0.217. The van der Waals surface area contributed by atoms with Crippen LogP contribution in [0.4, 0.5) is 0 Å². The molecular formula is C16H15ClO. The van der Waals surface area contributed by atoms with E-state index < -0.39 is 0 Å². The van der Waals surface area contributed by atoms with Gasteiger partial charge in [0.2, 0.25) is 0 Å². The summed E-state index contributed by atoms with van der Waals surface area (Å²) in [5.41, 5.74) is 0.835. The summed E-state index contributed by atoms with van der Waals surface area (Å²) in [5.74, 6) is 0.509. The van der Waals surface area contributed by atoms with E-state index >= 15 is 0 Å². The Kier molecular flexibility index (Phi) is 3.09. The van der Waals surface area contributed by atoms with E-state index in [0.29, 0.717) is 10.8 Å². The van der Waals surface area contributed by atoms with Crippen LogP contribution in [-0.2, 0) is 0 Å². The molecule has 0 radical (unpaired) electrons. The van der Waals surface area contributed by atoms with Crippen LogP contribution in [-0.4, -0.2) is 5.78 Å². The van der Waals surface area contributed by atoms with Crippen LogP contribution in [0.15, 0.2) is 36.4 Å². The summed E-state index contributed by atoms with van der Waals surface area (Å²) >= 11 is 6.18. The van der Waals surface area contributed by atoms with Crippen molar-refractivity contribution in [1.82, 2.24) is 0 Å². The van der Waals surface area contributed by atoms with E-state index in [1.807, 2.05) is 36.4 Å². The lowest BCUT2D eigenvalue weighted by Crippen LogP contribution is -2.11. The van der Waals surface area contributed by atoms with Crippen LogP contribution in [0.3, 0.4) is 0 Å². The molecule has 0 unspecified atom stereocenters. The van der Waals surface area contributed by atoms with Gasteiger partial charge in [0, 0.05) is 21.9 Å². The van der Waals surface area contributed by atoms with Gasteiger partial charge in [0.1, 0.15) is 0 Å². The highest BCUT2D eigenvalue weighted by Crippen LogP contribution is 2.32. The van der Waals surface area contributed by atoms with Crippen LogP contribution >= 0.6 is 11.6 Å². The third-order valence-electron chi connectivity index (χ3n) is 3.86. The highest BCUT2D eigenvalue weighted by molar-refractivity contribution is 6.36. The van der Waals surface area contributed by atoms with Gasteiger partial charge in [0.05, 0.1) is 0 Å². The van der Waals surface area contributed by atoms with Gasteiger partial charge >= 0.3 is 0 Å². The van der Waals surface area contributed by atoms with Crippen LogP contribution in [0.5, 0.6) is 0 Å². The van der Waals surface area contributed by atoms with Crippen LogP contribution < -0.4 is 0 Å². The van der Waals surface area contributed by atoms with Gasteiger partial charge in [0.25, 0.3) is 0 Å². The first-order chi connectivity index (χ1) is 8.77. The monoisotopic (exact) mass is 258 g/mol. The van der Waals surface area contributed by atoms with Crippen LogP contribution in [0.1, 0.15) is 36.0 Å². The summed E-state index contributed by atoms with van der Waals surface area (Å²) in [5, 5.41) is 2.68. The first-order valence-corrected chi connectivity index (χ1v) is 6.86. The average molecular weight is 259 g/mol. The summed E-state index contributed by atoms with van der Waals surface area (Å²) in [6.07, 6.45) is 4.44. The van der Waals surface area contributed by atoms with Crippen LogP contribution in [0, 0.1) is 5.92 Å². The average Bonchev–Trinajstić information content (AvgIpc) is 2.93. The van der Waals surface area contributed by atoms with Crippen molar-refractivity contribution < 1.29 is 4.79 Å². The Hall–Kier alpha value is -1.34. The zero-order chi connectivity index (χ0) is 12.5. The minimum Gasteiger partial charge on any atom is -0.294 e. The number of carbonyl (C=O) groups excluding carboxylic acids is 1. The number of carbonyl (C=O) groups is 1. The number of Topliss-reactive ketones (excluding diaryl/α,β-unsaturated/α-hetero) is 1. The molecule has 0 N–H and O–H groups in total. The fourth-order valence-electron chi connectivity index (χ4n) is 2.89. The number of hydrogen-bond acceptors (Lipinski definition) is 1. The lowest BCUT2D eigenvalue weighted by molar-refractivity contribution is 0.0924. The van der Waals surface area contributed by atoms with Gasteiger partial charge < -0.3 is 0 Å². The second-order valence-electron chi connectivity index (χ2n) is 4.99. The van der Waals surface area contributed by atoms with Crippen molar-refractivity contribution in [2.24, 2.45) is 5.92 Å². The predicted molar refractivity (Wildman–Crippen MR) is 75.2 cm³/mol. The number of halogens is 1. The van der Waals surface area contributed by atoms with E-state index in [4.69, 9.17) is 11.6 Å². The Balaban J connectivity index is 2.11. The number of benzene rings is 2. The molecule has 0 spiro atoms. The highest BCUT2D eigenvalue weighted by Gasteiger charge is 2.25. The van der Waals surface area contributed by atoms with Crippen molar-refractivity contribution in [2.75, 3.05) is 0 Å². The van der Waals surface area contributed by atoms with Crippen molar-refractivity contribution in [1.29, 1.82) is 0 Å². The van der Waals surface area contributed by atoms with E-state index in [9.17, 15) is 4.79 Å². The fraction of sp³-hybridized carbons (Fsp3) is 0.312. The van der Waals surface area contributed by atoms with E-state index in [1.54, 1.807) is 0 Å². The zero-order valence-electron chi connectivity index (χ0n) is 10.2. The molecule has 18 heavy (non-hydrogen) atoms. The second-order valence-corrected chi connectivity index (χ2v) is 5.39. The maximum atomic E-state index is 12.5. The maximum absolute atomic E-state index is 12.5. The lowest BCUT2D eigenvalue weighted by Gasteiger charge is -2.11. The first-order valence-electron chi connectivity index (χ1n) is 6.49. The third-order valence-corrected chi connectivity index (χ3v) is 4.19. The Morgan fingerprint density at radius 3 is 2.39 bits per heavy atom. The van der Waals surface area contributed by atoms with Gasteiger partial charge in [-0.2, -0.15) is 0 Å². The molecule has 0 saturated heterocycles. The Morgan fingerprint density at radius 1 is 1.00 bits per heavy atom. The smallest absolute Gasteiger partial charge is 0.166 e. The SMILES string of the molecule is O=C(c1ccc(Cl)c2ccccc12)C1CCCC1. The summed E-state index contributed by atoms with van der Waals surface area (Å²) in [6.45, 7) is 0. The summed E-state index contributed by atoms with van der Waals surface area (Å²) in [7, 11) is 0. The van der Waals surface area contributed by atoms with Gasteiger partial charge in [-0.15, -0.1) is 0 Å². The molecule has 2 heteroatoms. The molecule has 2 aromatic rings. The van der Waals surface area contributed by atoms with E-state index in [1.165, 1.54) is 12.8 Å². The molecule has 0 aromatic heterocycles. The molecule has 3 rings (SSSR count). The molecule has 0 bridgehead atoms.